The molecule has 0 bridgehead atoms. The zero-order chi connectivity index (χ0) is 13.5. The lowest BCUT2D eigenvalue weighted by Crippen LogP contribution is -2.15. The lowest BCUT2D eigenvalue weighted by molar-refractivity contribution is 0.0697. The number of aromatic carboxylic acids is 1. The molecule has 1 aromatic rings. The van der Waals surface area contributed by atoms with E-state index in [1.54, 1.807) is 18.2 Å². The Morgan fingerprint density at radius 1 is 1.39 bits per heavy atom. The van der Waals surface area contributed by atoms with Gasteiger partial charge in [0.05, 0.1) is 18.4 Å². The Hall–Kier alpha value is -2.04. The van der Waals surface area contributed by atoms with E-state index in [0.717, 1.165) is 18.4 Å². The van der Waals surface area contributed by atoms with Crippen molar-refractivity contribution in [3.8, 4) is 0 Å². The summed E-state index contributed by atoms with van der Waals surface area (Å²) < 4.78 is 4.47. The number of hydrogen-bond acceptors (Lipinski definition) is 3. The lowest BCUT2D eigenvalue weighted by Gasteiger charge is -2.11. The molecule has 0 heterocycles. The summed E-state index contributed by atoms with van der Waals surface area (Å²) in [4.78, 5) is 22.4. The summed E-state index contributed by atoms with van der Waals surface area (Å²) in [5, 5.41) is 11.7. The van der Waals surface area contributed by atoms with Crippen molar-refractivity contribution >= 4 is 17.7 Å². The van der Waals surface area contributed by atoms with Crippen LogP contribution in [-0.4, -0.2) is 24.3 Å². The van der Waals surface area contributed by atoms with Gasteiger partial charge in [-0.05, 0) is 24.5 Å². The molecular formula is C13H17NO4. The Morgan fingerprint density at radius 3 is 2.67 bits per heavy atom. The first kappa shape index (κ1) is 14.0. The van der Waals surface area contributed by atoms with Gasteiger partial charge in [0, 0.05) is 0 Å². The van der Waals surface area contributed by atoms with Gasteiger partial charge in [-0.1, -0.05) is 25.5 Å². The van der Waals surface area contributed by atoms with E-state index < -0.39 is 12.1 Å². The molecule has 1 rings (SSSR count). The van der Waals surface area contributed by atoms with E-state index in [1.165, 1.54) is 7.11 Å². The molecule has 0 saturated carbocycles. The van der Waals surface area contributed by atoms with Crippen molar-refractivity contribution < 1.29 is 19.4 Å². The van der Waals surface area contributed by atoms with Crippen LogP contribution in [0.5, 0.6) is 0 Å². The Morgan fingerprint density at radius 2 is 2.11 bits per heavy atom. The second-order valence-electron chi connectivity index (χ2n) is 3.86. The summed E-state index contributed by atoms with van der Waals surface area (Å²) in [5.74, 6) is -1.05. The van der Waals surface area contributed by atoms with Gasteiger partial charge in [0.15, 0.2) is 0 Å². The number of carboxylic acids is 1. The summed E-state index contributed by atoms with van der Waals surface area (Å²) in [5.41, 5.74) is 1.12. The molecule has 0 aromatic heterocycles. The molecule has 0 aliphatic rings. The van der Waals surface area contributed by atoms with Gasteiger partial charge in [0.2, 0.25) is 0 Å². The molecule has 1 amide bonds. The minimum Gasteiger partial charge on any atom is -0.478 e. The largest absolute Gasteiger partial charge is 0.478 e. The summed E-state index contributed by atoms with van der Waals surface area (Å²) in [7, 11) is 1.23. The van der Waals surface area contributed by atoms with Crippen LogP contribution in [0.15, 0.2) is 18.2 Å². The summed E-state index contributed by atoms with van der Waals surface area (Å²) in [6.07, 6.45) is 1.88. The smallest absolute Gasteiger partial charge is 0.411 e. The van der Waals surface area contributed by atoms with Crippen LogP contribution in [-0.2, 0) is 11.2 Å². The minimum atomic E-state index is -1.05. The molecule has 5 nitrogen and oxygen atoms in total. The summed E-state index contributed by atoms with van der Waals surface area (Å²) in [6.45, 7) is 2.04. The van der Waals surface area contributed by atoms with Crippen molar-refractivity contribution in [2.75, 3.05) is 12.4 Å². The molecule has 0 unspecified atom stereocenters. The highest BCUT2D eigenvalue weighted by molar-refractivity contribution is 6.00. The molecule has 0 fully saturated rings. The zero-order valence-corrected chi connectivity index (χ0v) is 10.5. The highest BCUT2D eigenvalue weighted by Crippen LogP contribution is 2.22. The molecule has 0 spiro atoms. The summed E-state index contributed by atoms with van der Waals surface area (Å²) in [6, 6.07) is 5.04. The average molecular weight is 251 g/mol. The fourth-order valence-electron chi connectivity index (χ4n) is 1.69. The van der Waals surface area contributed by atoms with Crippen molar-refractivity contribution in [2.45, 2.75) is 26.2 Å². The number of benzene rings is 1. The SMILES string of the molecule is CCCCc1cccc(NC(=O)OC)c1C(=O)O. The zero-order valence-electron chi connectivity index (χ0n) is 10.5. The Bertz CT molecular complexity index is 443. The van der Waals surface area contributed by atoms with E-state index in [-0.39, 0.29) is 11.3 Å². The van der Waals surface area contributed by atoms with Gasteiger partial charge in [-0.15, -0.1) is 0 Å². The molecule has 2 N–H and O–H groups in total. The van der Waals surface area contributed by atoms with Crippen molar-refractivity contribution in [3.05, 3.63) is 29.3 Å². The van der Waals surface area contributed by atoms with Gasteiger partial charge in [-0.3, -0.25) is 5.32 Å². The Balaban J connectivity index is 3.09. The molecular weight excluding hydrogens is 234 g/mol. The summed E-state index contributed by atoms with van der Waals surface area (Å²) >= 11 is 0. The number of rotatable bonds is 5. The van der Waals surface area contributed by atoms with Gasteiger partial charge in [-0.25, -0.2) is 9.59 Å². The lowest BCUT2D eigenvalue weighted by atomic mass is 10.0. The number of carbonyl (C=O) groups excluding carboxylic acids is 1. The quantitative estimate of drug-likeness (QED) is 0.843. The van der Waals surface area contributed by atoms with Crippen LogP contribution in [0.1, 0.15) is 35.7 Å². The maximum Gasteiger partial charge on any atom is 0.411 e. The van der Waals surface area contributed by atoms with Crippen molar-refractivity contribution in [3.63, 3.8) is 0 Å². The van der Waals surface area contributed by atoms with Crippen LogP contribution in [0.2, 0.25) is 0 Å². The first-order valence-electron chi connectivity index (χ1n) is 5.80. The number of carboxylic acid groups (broad SMARTS) is 1. The minimum absolute atomic E-state index is 0.136. The average Bonchev–Trinajstić information content (AvgIpc) is 2.35. The highest BCUT2D eigenvalue weighted by atomic mass is 16.5. The number of ether oxygens (including phenoxy) is 1. The third kappa shape index (κ3) is 3.48. The number of anilines is 1. The Kier molecular flexibility index (Phi) is 5.17. The molecule has 18 heavy (non-hydrogen) atoms. The van der Waals surface area contributed by atoms with Crippen LogP contribution in [0.25, 0.3) is 0 Å². The van der Waals surface area contributed by atoms with E-state index in [0.29, 0.717) is 6.42 Å². The Labute approximate surface area is 106 Å². The first-order valence-corrected chi connectivity index (χ1v) is 5.80. The second-order valence-corrected chi connectivity index (χ2v) is 3.86. The highest BCUT2D eigenvalue weighted by Gasteiger charge is 2.16. The van der Waals surface area contributed by atoms with Crippen LogP contribution in [0.4, 0.5) is 10.5 Å². The number of nitrogens with one attached hydrogen (secondary N) is 1. The van der Waals surface area contributed by atoms with Gasteiger partial charge in [0.25, 0.3) is 0 Å². The number of carbonyl (C=O) groups is 2. The van der Waals surface area contributed by atoms with E-state index in [1.807, 2.05) is 6.92 Å². The number of hydrogen-bond donors (Lipinski definition) is 2. The van der Waals surface area contributed by atoms with E-state index in [2.05, 4.69) is 10.1 Å². The fraction of sp³-hybridized carbons (Fsp3) is 0.385. The molecule has 98 valence electrons. The van der Waals surface area contributed by atoms with Gasteiger partial charge >= 0.3 is 12.1 Å². The first-order chi connectivity index (χ1) is 8.60. The molecule has 0 radical (unpaired) electrons. The normalized spacial score (nSPS) is 9.89. The molecule has 0 saturated heterocycles. The third-order valence-electron chi connectivity index (χ3n) is 2.59. The number of methoxy groups -OCH3 is 1. The van der Waals surface area contributed by atoms with Gasteiger partial charge < -0.3 is 9.84 Å². The third-order valence-corrected chi connectivity index (χ3v) is 2.59. The van der Waals surface area contributed by atoms with E-state index >= 15 is 0 Å². The predicted molar refractivity (Wildman–Crippen MR) is 68.0 cm³/mol. The molecule has 1 aromatic carbocycles. The molecule has 0 aliphatic heterocycles. The van der Waals surface area contributed by atoms with Gasteiger partial charge in [0.1, 0.15) is 0 Å². The van der Waals surface area contributed by atoms with E-state index in [4.69, 9.17) is 0 Å². The maximum atomic E-state index is 11.3. The topological polar surface area (TPSA) is 75.6 Å². The molecule has 0 atom stereocenters. The second kappa shape index (κ2) is 6.64. The van der Waals surface area contributed by atoms with Crippen LogP contribution < -0.4 is 5.32 Å². The van der Waals surface area contributed by atoms with Crippen molar-refractivity contribution in [2.24, 2.45) is 0 Å². The van der Waals surface area contributed by atoms with Crippen molar-refractivity contribution in [1.82, 2.24) is 0 Å². The van der Waals surface area contributed by atoms with Crippen molar-refractivity contribution in [1.29, 1.82) is 0 Å². The molecule has 5 heteroatoms. The fourth-order valence-corrected chi connectivity index (χ4v) is 1.69. The van der Waals surface area contributed by atoms with Crippen LogP contribution >= 0.6 is 0 Å². The monoisotopic (exact) mass is 251 g/mol. The maximum absolute atomic E-state index is 11.3. The van der Waals surface area contributed by atoms with Crippen LogP contribution in [0.3, 0.4) is 0 Å². The standard InChI is InChI=1S/C13H17NO4/c1-3-4-6-9-7-5-8-10(11(9)12(15)16)14-13(17)18-2/h5,7-8H,3-4,6H2,1-2H3,(H,14,17)(H,15,16). The van der Waals surface area contributed by atoms with Gasteiger partial charge in [-0.2, -0.15) is 0 Å². The number of aryl methyl sites for hydroxylation is 1. The molecule has 0 aliphatic carbocycles. The number of amides is 1. The number of unbranched alkanes of at least 4 members (excludes halogenated alkanes) is 1. The van der Waals surface area contributed by atoms with Crippen LogP contribution in [0, 0.1) is 0 Å². The van der Waals surface area contributed by atoms with E-state index in [9.17, 15) is 14.7 Å². The predicted octanol–water partition coefficient (Wildman–Crippen LogP) is 2.91.